The molecule has 0 spiro atoms. The van der Waals surface area contributed by atoms with Gasteiger partial charge in [-0.25, -0.2) is 8.78 Å². The van der Waals surface area contributed by atoms with Crippen LogP contribution in [0.15, 0.2) is 18.2 Å². The molecule has 0 radical (unpaired) electrons. The van der Waals surface area contributed by atoms with Gasteiger partial charge < -0.3 is 9.47 Å². The van der Waals surface area contributed by atoms with Crippen LogP contribution < -0.4 is 0 Å². The fourth-order valence-electron chi connectivity index (χ4n) is 2.17. The number of nitrogens with zero attached hydrogens (tertiary/aromatic N) is 1. The lowest BCUT2D eigenvalue weighted by molar-refractivity contribution is -0.141. The lowest BCUT2D eigenvalue weighted by atomic mass is 10.1. The van der Waals surface area contributed by atoms with Crippen molar-refractivity contribution in [3.63, 3.8) is 0 Å². The first kappa shape index (κ1) is 14.9. The van der Waals surface area contributed by atoms with Gasteiger partial charge in [0.2, 0.25) is 0 Å². The standard InChI is InChI=1S/C14H17F2NO3/c1-19-14(18)4-5-17-6-7-20-13(9-17)10-2-3-11(15)12(16)8-10/h2-3,8,13H,4-7,9H2,1H3/t13-/m1/s1. The maximum atomic E-state index is 13.2. The van der Waals surface area contributed by atoms with Crippen LogP contribution in [0.5, 0.6) is 0 Å². The summed E-state index contributed by atoms with van der Waals surface area (Å²) >= 11 is 0. The van der Waals surface area contributed by atoms with Crippen LogP contribution in [0.1, 0.15) is 18.1 Å². The highest BCUT2D eigenvalue weighted by atomic mass is 19.2. The Morgan fingerprint density at radius 1 is 1.45 bits per heavy atom. The fourth-order valence-corrected chi connectivity index (χ4v) is 2.17. The molecule has 1 heterocycles. The number of carbonyl (C=O) groups excluding carboxylic acids is 1. The summed E-state index contributed by atoms with van der Waals surface area (Å²) in [6, 6.07) is 3.78. The number of benzene rings is 1. The second-order valence-electron chi connectivity index (χ2n) is 4.66. The zero-order valence-electron chi connectivity index (χ0n) is 11.3. The summed E-state index contributed by atoms with van der Waals surface area (Å²) in [5, 5.41) is 0. The number of halogens is 2. The van der Waals surface area contributed by atoms with Crippen molar-refractivity contribution in [3.05, 3.63) is 35.4 Å². The lowest BCUT2D eigenvalue weighted by Crippen LogP contribution is -2.39. The minimum atomic E-state index is -0.877. The van der Waals surface area contributed by atoms with Crippen LogP contribution in [0.4, 0.5) is 8.78 Å². The van der Waals surface area contributed by atoms with Crippen molar-refractivity contribution in [2.75, 3.05) is 33.4 Å². The number of ether oxygens (including phenoxy) is 2. The lowest BCUT2D eigenvalue weighted by Gasteiger charge is -2.32. The van der Waals surface area contributed by atoms with Crippen molar-refractivity contribution in [2.45, 2.75) is 12.5 Å². The fraction of sp³-hybridized carbons (Fsp3) is 0.500. The Kier molecular flexibility index (Phi) is 5.03. The SMILES string of the molecule is COC(=O)CCN1CCO[C@@H](c2ccc(F)c(F)c2)C1. The average Bonchev–Trinajstić information content (AvgIpc) is 2.48. The molecule has 0 unspecified atom stereocenters. The van der Waals surface area contributed by atoms with Crippen LogP contribution in [0.3, 0.4) is 0 Å². The normalized spacial score (nSPS) is 19.9. The molecule has 4 nitrogen and oxygen atoms in total. The van der Waals surface area contributed by atoms with E-state index in [-0.39, 0.29) is 12.1 Å². The van der Waals surface area contributed by atoms with E-state index in [1.165, 1.54) is 13.2 Å². The summed E-state index contributed by atoms with van der Waals surface area (Å²) in [6.07, 6.45) is -0.00225. The molecule has 0 bridgehead atoms. The van der Waals surface area contributed by atoms with Crippen LogP contribution >= 0.6 is 0 Å². The Labute approximate surface area is 116 Å². The van der Waals surface area contributed by atoms with E-state index in [9.17, 15) is 13.6 Å². The third kappa shape index (κ3) is 3.74. The van der Waals surface area contributed by atoms with Gasteiger partial charge in [0.25, 0.3) is 0 Å². The maximum Gasteiger partial charge on any atom is 0.306 e. The van der Waals surface area contributed by atoms with Gasteiger partial charge in [0.15, 0.2) is 11.6 Å². The minimum absolute atomic E-state index is 0.263. The second kappa shape index (κ2) is 6.76. The maximum absolute atomic E-state index is 13.2. The van der Waals surface area contributed by atoms with Gasteiger partial charge in [0.1, 0.15) is 0 Å². The molecule has 1 aromatic rings. The molecule has 0 amide bonds. The van der Waals surface area contributed by atoms with Crippen molar-refractivity contribution in [1.29, 1.82) is 0 Å². The first-order valence-electron chi connectivity index (χ1n) is 6.46. The first-order valence-corrected chi connectivity index (χ1v) is 6.46. The van der Waals surface area contributed by atoms with Crippen molar-refractivity contribution >= 4 is 5.97 Å². The van der Waals surface area contributed by atoms with Gasteiger partial charge in [0.05, 0.1) is 26.2 Å². The number of hydrogen-bond donors (Lipinski definition) is 0. The molecule has 0 saturated carbocycles. The summed E-state index contributed by atoms with van der Waals surface area (Å²) in [6.45, 7) is 2.31. The summed E-state index contributed by atoms with van der Waals surface area (Å²) in [5.41, 5.74) is 0.603. The molecule has 0 aromatic heterocycles. The molecule has 1 aliphatic rings. The molecular weight excluding hydrogens is 268 g/mol. The Balaban J connectivity index is 1.95. The topological polar surface area (TPSA) is 38.8 Å². The number of carbonyl (C=O) groups is 1. The molecular formula is C14H17F2NO3. The summed E-state index contributed by atoms with van der Waals surface area (Å²) in [7, 11) is 1.35. The van der Waals surface area contributed by atoms with Crippen LogP contribution in [-0.4, -0.2) is 44.2 Å². The van der Waals surface area contributed by atoms with Crippen molar-refractivity contribution in [1.82, 2.24) is 4.90 Å². The third-order valence-corrected chi connectivity index (χ3v) is 3.33. The van der Waals surface area contributed by atoms with Crippen LogP contribution in [0.2, 0.25) is 0 Å². The molecule has 2 rings (SSSR count). The summed E-state index contributed by atoms with van der Waals surface area (Å²) < 4.78 is 36.3. The number of rotatable bonds is 4. The van der Waals surface area contributed by atoms with E-state index in [1.54, 1.807) is 0 Å². The molecule has 0 aliphatic carbocycles. The largest absolute Gasteiger partial charge is 0.469 e. The second-order valence-corrected chi connectivity index (χ2v) is 4.66. The van der Waals surface area contributed by atoms with E-state index in [1.807, 2.05) is 4.90 Å². The molecule has 1 aliphatic heterocycles. The van der Waals surface area contributed by atoms with Crippen LogP contribution in [0.25, 0.3) is 0 Å². The van der Waals surface area contributed by atoms with Gasteiger partial charge >= 0.3 is 5.97 Å². The number of hydrogen-bond acceptors (Lipinski definition) is 4. The molecule has 1 fully saturated rings. The van der Waals surface area contributed by atoms with Crippen LogP contribution in [0, 0.1) is 11.6 Å². The Morgan fingerprint density at radius 3 is 2.95 bits per heavy atom. The highest BCUT2D eigenvalue weighted by molar-refractivity contribution is 5.69. The van der Waals surface area contributed by atoms with Gasteiger partial charge in [-0.15, -0.1) is 0 Å². The molecule has 1 aromatic carbocycles. The van der Waals surface area contributed by atoms with Gasteiger partial charge in [-0.2, -0.15) is 0 Å². The van der Waals surface area contributed by atoms with Gasteiger partial charge in [-0.3, -0.25) is 9.69 Å². The molecule has 110 valence electrons. The average molecular weight is 285 g/mol. The Morgan fingerprint density at radius 2 is 2.25 bits per heavy atom. The monoisotopic (exact) mass is 285 g/mol. The third-order valence-electron chi connectivity index (χ3n) is 3.33. The van der Waals surface area contributed by atoms with Gasteiger partial charge in [-0.1, -0.05) is 6.07 Å². The van der Waals surface area contributed by atoms with E-state index >= 15 is 0 Å². The Hall–Kier alpha value is -1.53. The predicted molar refractivity (Wildman–Crippen MR) is 68.1 cm³/mol. The summed E-state index contributed by atoms with van der Waals surface area (Å²) in [5.74, 6) is -2.01. The van der Waals surface area contributed by atoms with E-state index in [4.69, 9.17) is 4.74 Å². The summed E-state index contributed by atoms with van der Waals surface area (Å²) in [4.78, 5) is 13.2. The van der Waals surface area contributed by atoms with Crippen LogP contribution in [-0.2, 0) is 14.3 Å². The molecule has 0 N–H and O–H groups in total. The van der Waals surface area contributed by atoms with E-state index < -0.39 is 11.6 Å². The minimum Gasteiger partial charge on any atom is -0.469 e. The van der Waals surface area contributed by atoms with E-state index in [2.05, 4.69) is 4.74 Å². The molecule has 20 heavy (non-hydrogen) atoms. The Bertz CT molecular complexity index is 481. The zero-order chi connectivity index (χ0) is 14.5. The number of morpholine rings is 1. The smallest absolute Gasteiger partial charge is 0.306 e. The van der Waals surface area contributed by atoms with Gasteiger partial charge in [-0.05, 0) is 17.7 Å². The first-order chi connectivity index (χ1) is 9.60. The molecule has 1 atom stereocenters. The van der Waals surface area contributed by atoms with E-state index in [0.29, 0.717) is 38.2 Å². The molecule has 1 saturated heterocycles. The van der Waals surface area contributed by atoms with E-state index in [0.717, 1.165) is 12.1 Å². The quantitative estimate of drug-likeness (QED) is 0.792. The number of methoxy groups -OCH3 is 1. The highest BCUT2D eigenvalue weighted by Crippen LogP contribution is 2.23. The van der Waals surface area contributed by atoms with Crippen molar-refractivity contribution in [2.24, 2.45) is 0 Å². The predicted octanol–water partition coefficient (Wildman–Crippen LogP) is 1.90. The number of esters is 1. The highest BCUT2D eigenvalue weighted by Gasteiger charge is 2.23. The van der Waals surface area contributed by atoms with Crippen molar-refractivity contribution < 1.29 is 23.0 Å². The zero-order valence-corrected chi connectivity index (χ0v) is 11.3. The van der Waals surface area contributed by atoms with Crippen molar-refractivity contribution in [3.8, 4) is 0 Å². The molecule has 6 heteroatoms. The van der Waals surface area contributed by atoms with Gasteiger partial charge in [0, 0.05) is 19.6 Å².